The summed E-state index contributed by atoms with van der Waals surface area (Å²) < 4.78 is 0. The van der Waals surface area contributed by atoms with Crippen LogP contribution in [-0.2, 0) is 0 Å². The van der Waals surface area contributed by atoms with Gasteiger partial charge < -0.3 is 10.0 Å². The first-order chi connectivity index (χ1) is 7.79. The van der Waals surface area contributed by atoms with E-state index in [4.69, 9.17) is 0 Å². The summed E-state index contributed by atoms with van der Waals surface area (Å²) in [7, 11) is 1.95. The second-order valence-electron chi connectivity index (χ2n) is 5.05. The first-order valence-electron chi connectivity index (χ1n) is 5.87. The lowest BCUT2D eigenvalue weighted by atomic mass is 9.97. The predicted octanol–water partition coefficient (Wildman–Crippen LogP) is 3.32. The second-order valence-corrected chi connectivity index (χ2v) is 5.05. The zero-order valence-corrected chi connectivity index (χ0v) is 11.2. The average molecular weight is 235 g/mol. The van der Waals surface area contributed by atoms with Gasteiger partial charge in [-0.15, -0.1) is 0 Å². The van der Waals surface area contributed by atoms with Gasteiger partial charge in [0.25, 0.3) is 0 Å². The number of hydrogen-bond donors (Lipinski definition) is 1. The summed E-state index contributed by atoms with van der Waals surface area (Å²) in [6, 6.07) is 5.56. The Labute approximate surface area is 103 Å². The predicted molar refractivity (Wildman–Crippen MR) is 70.9 cm³/mol. The van der Waals surface area contributed by atoms with Crippen LogP contribution in [-0.4, -0.2) is 23.7 Å². The molecule has 0 aliphatic rings. The van der Waals surface area contributed by atoms with Crippen molar-refractivity contribution in [1.82, 2.24) is 0 Å². The molecule has 0 amide bonds. The van der Waals surface area contributed by atoms with E-state index in [0.29, 0.717) is 5.56 Å². The molecule has 0 aromatic heterocycles. The minimum atomic E-state index is -0.873. The molecule has 0 unspecified atom stereocenters. The second kappa shape index (κ2) is 4.78. The lowest BCUT2D eigenvalue weighted by Crippen LogP contribution is -2.41. The number of carboxylic acids is 1. The molecule has 0 aliphatic heterocycles. The Bertz CT molecular complexity index is 424. The van der Waals surface area contributed by atoms with Gasteiger partial charge in [-0.05, 0) is 39.3 Å². The van der Waals surface area contributed by atoms with E-state index in [1.807, 2.05) is 31.0 Å². The number of nitrogens with zero attached hydrogens (tertiary/aromatic N) is 1. The molecule has 0 spiro atoms. The van der Waals surface area contributed by atoms with E-state index in [9.17, 15) is 9.90 Å². The highest BCUT2D eigenvalue weighted by molar-refractivity contribution is 5.94. The Balaban J connectivity index is 3.26. The van der Waals surface area contributed by atoms with Gasteiger partial charge >= 0.3 is 5.97 Å². The van der Waals surface area contributed by atoms with E-state index in [0.717, 1.165) is 17.7 Å². The summed E-state index contributed by atoms with van der Waals surface area (Å²) in [6.45, 7) is 8.23. The summed E-state index contributed by atoms with van der Waals surface area (Å²) >= 11 is 0. The van der Waals surface area contributed by atoms with Crippen molar-refractivity contribution >= 4 is 11.7 Å². The lowest BCUT2D eigenvalue weighted by Gasteiger charge is -2.37. The summed E-state index contributed by atoms with van der Waals surface area (Å²) in [6.07, 6.45) is 0.955. The molecular formula is C14H21NO2. The van der Waals surface area contributed by atoms with Crippen LogP contribution in [0.2, 0.25) is 0 Å². The Morgan fingerprint density at radius 3 is 2.47 bits per heavy atom. The van der Waals surface area contributed by atoms with Gasteiger partial charge in [-0.3, -0.25) is 0 Å². The summed E-state index contributed by atoms with van der Waals surface area (Å²) in [4.78, 5) is 13.3. The Morgan fingerprint density at radius 1 is 1.41 bits per heavy atom. The van der Waals surface area contributed by atoms with Gasteiger partial charge in [-0.25, -0.2) is 4.79 Å². The van der Waals surface area contributed by atoms with Crippen molar-refractivity contribution in [2.45, 2.75) is 39.7 Å². The molecule has 3 heteroatoms. The number of carboxylic acid groups (broad SMARTS) is 1. The fourth-order valence-corrected chi connectivity index (χ4v) is 1.68. The van der Waals surface area contributed by atoms with Crippen LogP contribution < -0.4 is 4.90 Å². The van der Waals surface area contributed by atoms with Crippen LogP contribution in [0.4, 0.5) is 5.69 Å². The fraction of sp³-hybridized carbons (Fsp3) is 0.500. The first-order valence-corrected chi connectivity index (χ1v) is 5.87. The molecule has 1 N–H and O–H groups in total. The molecule has 0 radical (unpaired) electrons. The molecule has 0 atom stereocenters. The van der Waals surface area contributed by atoms with Gasteiger partial charge in [0.15, 0.2) is 0 Å². The number of hydrogen-bond acceptors (Lipinski definition) is 2. The molecule has 0 saturated heterocycles. The van der Waals surface area contributed by atoms with Crippen LogP contribution in [0.3, 0.4) is 0 Å². The van der Waals surface area contributed by atoms with E-state index in [2.05, 4.69) is 20.8 Å². The van der Waals surface area contributed by atoms with Crippen molar-refractivity contribution in [1.29, 1.82) is 0 Å². The highest BCUT2D eigenvalue weighted by Gasteiger charge is 2.24. The summed E-state index contributed by atoms with van der Waals surface area (Å²) in [5, 5.41) is 9.25. The molecule has 1 aromatic rings. The van der Waals surface area contributed by atoms with Gasteiger partial charge in [-0.2, -0.15) is 0 Å². The van der Waals surface area contributed by atoms with Crippen molar-refractivity contribution in [3.8, 4) is 0 Å². The third-order valence-electron chi connectivity index (χ3n) is 3.52. The Kier molecular flexibility index (Phi) is 3.81. The van der Waals surface area contributed by atoms with Gasteiger partial charge in [-0.1, -0.05) is 18.6 Å². The molecule has 1 aromatic carbocycles. The number of anilines is 1. The molecule has 0 fully saturated rings. The summed E-state index contributed by atoms with van der Waals surface area (Å²) in [5.41, 5.74) is 2.05. The van der Waals surface area contributed by atoms with Crippen LogP contribution in [0, 0.1) is 6.92 Å². The molecule has 94 valence electrons. The largest absolute Gasteiger partial charge is 0.478 e. The van der Waals surface area contributed by atoms with Crippen molar-refractivity contribution in [2.24, 2.45) is 0 Å². The van der Waals surface area contributed by atoms with Gasteiger partial charge in [0.2, 0.25) is 0 Å². The third-order valence-corrected chi connectivity index (χ3v) is 3.52. The normalized spacial score (nSPS) is 11.4. The molecule has 0 heterocycles. The van der Waals surface area contributed by atoms with Crippen molar-refractivity contribution in [3.63, 3.8) is 0 Å². The summed E-state index contributed by atoms with van der Waals surface area (Å²) in [5.74, 6) is -0.873. The van der Waals surface area contributed by atoms with Crippen molar-refractivity contribution in [3.05, 3.63) is 29.3 Å². The molecule has 3 nitrogen and oxygen atoms in total. The standard InChI is InChI=1S/C14H21NO2/c1-6-14(3,4)15(5)12-8-7-10(2)9-11(12)13(16)17/h7-9H,6H2,1-5H3,(H,16,17). The first kappa shape index (κ1) is 13.6. The van der Waals surface area contributed by atoms with Crippen LogP contribution in [0.1, 0.15) is 43.1 Å². The highest BCUT2D eigenvalue weighted by Crippen LogP contribution is 2.28. The van der Waals surface area contributed by atoms with Crippen LogP contribution in [0.25, 0.3) is 0 Å². The molecule has 0 aliphatic carbocycles. The molecule has 0 bridgehead atoms. The van der Waals surface area contributed by atoms with E-state index >= 15 is 0 Å². The van der Waals surface area contributed by atoms with E-state index in [1.54, 1.807) is 6.07 Å². The maximum absolute atomic E-state index is 11.3. The number of aromatic carboxylic acids is 1. The molecule has 1 rings (SSSR count). The van der Waals surface area contributed by atoms with Gasteiger partial charge in [0.1, 0.15) is 0 Å². The van der Waals surface area contributed by atoms with E-state index in [1.165, 1.54) is 0 Å². The fourth-order valence-electron chi connectivity index (χ4n) is 1.68. The molecular weight excluding hydrogens is 214 g/mol. The Hall–Kier alpha value is -1.51. The maximum atomic E-state index is 11.3. The van der Waals surface area contributed by atoms with Crippen LogP contribution in [0.5, 0.6) is 0 Å². The average Bonchev–Trinajstić information content (AvgIpc) is 2.28. The van der Waals surface area contributed by atoms with Crippen molar-refractivity contribution in [2.75, 3.05) is 11.9 Å². The molecule has 17 heavy (non-hydrogen) atoms. The van der Waals surface area contributed by atoms with E-state index in [-0.39, 0.29) is 5.54 Å². The zero-order chi connectivity index (χ0) is 13.2. The highest BCUT2D eigenvalue weighted by atomic mass is 16.4. The lowest BCUT2D eigenvalue weighted by molar-refractivity contribution is 0.0697. The van der Waals surface area contributed by atoms with Gasteiger partial charge in [0, 0.05) is 12.6 Å². The quantitative estimate of drug-likeness (QED) is 0.870. The monoisotopic (exact) mass is 235 g/mol. The van der Waals surface area contributed by atoms with Crippen molar-refractivity contribution < 1.29 is 9.90 Å². The number of aryl methyl sites for hydroxylation is 1. The minimum Gasteiger partial charge on any atom is -0.478 e. The Morgan fingerprint density at radius 2 is 2.00 bits per heavy atom. The number of rotatable bonds is 4. The topological polar surface area (TPSA) is 40.5 Å². The zero-order valence-electron chi connectivity index (χ0n) is 11.2. The van der Waals surface area contributed by atoms with Gasteiger partial charge in [0.05, 0.1) is 11.3 Å². The third kappa shape index (κ3) is 2.78. The van der Waals surface area contributed by atoms with Crippen LogP contribution >= 0.6 is 0 Å². The van der Waals surface area contributed by atoms with E-state index < -0.39 is 5.97 Å². The minimum absolute atomic E-state index is 0.0561. The smallest absolute Gasteiger partial charge is 0.337 e. The van der Waals surface area contributed by atoms with Crippen LogP contribution in [0.15, 0.2) is 18.2 Å². The SMILES string of the molecule is CCC(C)(C)N(C)c1ccc(C)cc1C(=O)O. The molecule has 0 saturated carbocycles. The number of carbonyl (C=O) groups is 1. The number of benzene rings is 1. The maximum Gasteiger partial charge on any atom is 0.337 e.